The highest BCUT2D eigenvalue weighted by Gasteiger charge is 2.24. The van der Waals surface area contributed by atoms with Gasteiger partial charge in [0.05, 0.1) is 0 Å². The van der Waals surface area contributed by atoms with Crippen LogP contribution in [0, 0.1) is 5.82 Å². The van der Waals surface area contributed by atoms with Crippen molar-refractivity contribution in [1.82, 2.24) is 15.5 Å². The molecule has 0 aliphatic carbocycles. The molecule has 0 saturated carbocycles. The Morgan fingerprint density at radius 1 is 1.33 bits per heavy atom. The summed E-state index contributed by atoms with van der Waals surface area (Å²) in [4.78, 5) is 17.6. The minimum absolute atomic E-state index is 0. The first kappa shape index (κ1) is 26.3. The third kappa shape index (κ3) is 9.34. The quantitative estimate of drug-likeness (QED) is 0.234. The Morgan fingerprint density at radius 2 is 2.00 bits per heavy atom. The number of carbonyl (C=O) groups excluding carboxylic acids is 1. The molecule has 0 aliphatic rings. The predicted molar refractivity (Wildman–Crippen MR) is 125 cm³/mol. The van der Waals surface area contributed by atoms with E-state index in [0.717, 1.165) is 17.9 Å². The summed E-state index contributed by atoms with van der Waals surface area (Å²) in [5.41, 5.74) is 0.499. The van der Waals surface area contributed by atoms with Crippen LogP contribution < -0.4 is 10.6 Å². The SMILES string of the molecule is CSCCNC(=NCC(=O)N(C)C)NCC(C)(C)c1ccc(F)cc1Cl.I. The van der Waals surface area contributed by atoms with Gasteiger partial charge in [-0.1, -0.05) is 31.5 Å². The lowest BCUT2D eigenvalue weighted by molar-refractivity contribution is -0.127. The minimum atomic E-state index is -0.356. The fraction of sp³-hybridized carbons (Fsp3) is 0.556. The van der Waals surface area contributed by atoms with Crippen molar-refractivity contribution in [2.45, 2.75) is 19.3 Å². The van der Waals surface area contributed by atoms with Gasteiger partial charge in [-0.15, -0.1) is 24.0 Å². The summed E-state index contributed by atoms with van der Waals surface area (Å²) in [6.07, 6.45) is 2.03. The van der Waals surface area contributed by atoms with Gasteiger partial charge in [0.1, 0.15) is 12.4 Å². The van der Waals surface area contributed by atoms with Crippen LogP contribution in [0.5, 0.6) is 0 Å². The second kappa shape index (κ2) is 12.7. The lowest BCUT2D eigenvalue weighted by atomic mass is 9.84. The summed E-state index contributed by atoms with van der Waals surface area (Å²) in [5.74, 6) is 1.07. The average Bonchev–Trinajstić information content (AvgIpc) is 2.56. The van der Waals surface area contributed by atoms with E-state index in [1.54, 1.807) is 31.9 Å². The van der Waals surface area contributed by atoms with Gasteiger partial charge in [-0.25, -0.2) is 9.38 Å². The predicted octanol–water partition coefficient (Wildman–Crippen LogP) is 3.36. The molecule has 0 aromatic heterocycles. The number of likely N-dealkylation sites (N-methyl/N-ethyl adjacent to an activating group) is 1. The number of amides is 1. The van der Waals surface area contributed by atoms with Crippen LogP contribution in [0.25, 0.3) is 0 Å². The van der Waals surface area contributed by atoms with Crippen molar-refractivity contribution in [3.63, 3.8) is 0 Å². The van der Waals surface area contributed by atoms with E-state index >= 15 is 0 Å². The van der Waals surface area contributed by atoms with Gasteiger partial charge in [-0.3, -0.25) is 4.79 Å². The van der Waals surface area contributed by atoms with Crippen molar-refractivity contribution in [2.24, 2.45) is 4.99 Å². The molecular formula is C18H29ClFIN4OS. The first-order valence-corrected chi connectivity index (χ1v) is 10.1. The molecule has 1 aromatic carbocycles. The topological polar surface area (TPSA) is 56.7 Å². The van der Waals surface area contributed by atoms with Gasteiger partial charge in [0, 0.05) is 43.4 Å². The lowest BCUT2D eigenvalue weighted by Crippen LogP contribution is -2.44. The normalized spacial score (nSPS) is 11.6. The highest BCUT2D eigenvalue weighted by atomic mass is 127. The first-order chi connectivity index (χ1) is 12.2. The van der Waals surface area contributed by atoms with Crippen LogP contribution in [0.3, 0.4) is 0 Å². The molecule has 0 spiro atoms. The van der Waals surface area contributed by atoms with Crippen molar-refractivity contribution in [3.05, 3.63) is 34.6 Å². The number of nitrogens with zero attached hydrogens (tertiary/aromatic N) is 2. The molecule has 2 N–H and O–H groups in total. The van der Waals surface area contributed by atoms with Gasteiger partial charge < -0.3 is 15.5 Å². The van der Waals surface area contributed by atoms with E-state index in [2.05, 4.69) is 15.6 Å². The van der Waals surface area contributed by atoms with E-state index in [0.29, 0.717) is 17.5 Å². The summed E-state index contributed by atoms with van der Waals surface area (Å²) in [6.45, 7) is 5.37. The van der Waals surface area contributed by atoms with E-state index in [4.69, 9.17) is 11.6 Å². The van der Waals surface area contributed by atoms with Gasteiger partial charge >= 0.3 is 0 Å². The smallest absolute Gasteiger partial charge is 0.243 e. The zero-order chi connectivity index (χ0) is 19.7. The zero-order valence-electron chi connectivity index (χ0n) is 16.4. The van der Waals surface area contributed by atoms with Crippen molar-refractivity contribution in [1.29, 1.82) is 0 Å². The van der Waals surface area contributed by atoms with Crippen LogP contribution in [-0.2, 0) is 10.2 Å². The number of hydrogen-bond acceptors (Lipinski definition) is 3. The summed E-state index contributed by atoms with van der Waals surface area (Å²) in [6, 6.07) is 4.43. The minimum Gasteiger partial charge on any atom is -0.356 e. The van der Waals surface area contributed by atoms with Gasteiger partial charge in [0.15, 0.2) is 5.96 Å². The number of thioether (sulfide) groups is 1. The molecule has 27 heavy (non-hydrogen) atoms. The maximum Gasteiger partial charge on any atom is 0.243 e. The number of nitrogens with one attached hydrogen (secondary N) is 2. The Kier molecular flexibility index (Phi) is 12.3. The third-order valence-corrected chi connectivity index (χ3v) is 4.75. The number of halogens is 3. The number of rotatable bonds is 8. The van der Waals surface area contributed by atoms with Crippen molar-refractivity contribution in [3.8, 4) is 0 Å². The molecule has 0 bridgehead atoms. The standard InChI is InChI=1S/C18H28ClFN4OS.HI/c1-18(2,14-7-6-13(20)10-15(14)19)12-23-17(21-8-9-26-5)22-11-16(25)24(3)4;/h6-7,10H,8-9,11-12H2,1-5H3,(H2,21,22,23);1H. The van der Waals surface area contributed by atoms with E-state index in [1.165, 1.54) is 17.0 Å². The lowest BCUT2D eigenvalue weighted by Gasteiger charge is -2.28. The average molecular weight is 531 g/mol. The molecule has 0 atom stereocenters. The van der Waals surface area contributed by atoms with Gasteiger partial charge in [-0.2, -0.15) is 11.8 Å². The van der Waals surface area contributed by atoms with Gasteiger partial charge in [0.2, 0.25) is 5.91 Å². The maximum absolute atomic E-state index is 13.3. The molecule has 0 aliphatic heterocycles. The molecular weight excluding hydrogens is 502 g/mol. The molecule has 1 amide bonds. The molecule has 0 unspecified atom stereocenters. The van der Waals surface area contributed by atoms with Crippen LogP contribution >= 0.6 is 47.3 Å². The van der Waals surface area contributed by atoms with Gasteiger partial charge in [-0.05, 0) is 24.0 Å². The highest BCUT2D eigenvalue weighted by molar-refractivity contribution is 14.0. The molecule has 0 saturated heterocycles. The Labute approximate surface area is 187 Å². The molecule has 0 heterocycles. The number of benzene rings is 1. The molecule has 1 aromatic rings. The zero-order valence-corrected chi connectivity index (χ0v) is 20.3. The molecule has 0 radical (unpaired) electrons. The Hall–Kier alpha value is -0.740. The second-order valence-corrected chi connectivity index (χ2v) is 8.13. The number of hydrogen-bond donors (Lipinski definition) is 2. The maximum atomic E-state index is 13.3. The number of carbonyl (C=O) groups is 1. The largest absolute Gasteiger partial charge is 0.356 e. The van der Waals surface area contributed by atoms with E-state index < -0.39 is 0 Å². The molecule has 1 rings (SSSR count). The fourth-order valence-corrected chi connectivity index (χ4v) is 2.90. The summed E-state index contributed by atoms with van der Waals surface area (Å²) < 4.78 is 13.3. The van der Waals surface area contributed by atoms with Crippen LogP contribution in [0.4, 0.5) is 4.39 Å². The van der Waals surface area contributed by atoms with Crippen LogP contribution in [-0.4, -0.2) is 62.5 Å². The second-order valence-electron chi connectivity index (χ2n) is 6.73. The fourth-order valence-electron chi connectivity index (χ4n) is 2.17. The van der Waals surface area contributed by atoms with E-state index in [1.807, 2.05) is 20.1 Å². The van der Waals surface area contributed by atoms with Gasteiger partial charge in [0.25, 0.3) is 0 Å². The molecule has 9 heteroatoms. The van der Waals surface area contributed by atoms with Crippen LogP contribution in [0.2, 0.25) is 5.02 Å². The summed E-state index contributed by atoms with van der Waals surface area (Å²) in [7, 11) is 3.40. The Balaban J connectivity index is 0.00000676. The summed E-state index contributed by atoms with van der Waals surface area (Å²) >= 11 is 7.93. The number of aliphatic imine (C=N–C) groups is 1. The molecule has 154 valence electrons. The number of guanidine groups is 1. The van der Waals surface area contributed by atoms with E-state index in [-0.39, 0.29) is 47.7 Å². The van der Waals surface area contributed by atoms with E-state index in [9.17, 15) is 9.18 Å². The Bertz CT molecular complexity index is 644. The Morgan fingerprint density at radius 3 is 2.56 bits per heavy atom. The molecule has 0 fully saturated rings. The summed E-state index contributed by atoms with van der Waals surface area (Å²) in [5, 5.41) is 6.87. The first-order valence-electron chi connectivity index (χ1n) is 8.34. The monoisotopic (exact) mass is 530 g/mol. The molecule has 5 nitrogen and oxygen atoms in total. The van der Waals surface area contributed by atoms with Crippen molar-refractivity contribution < 1.29 is 9.18 Å². The third-order valence-electron chi connectivity index (χ3n) is 3.83. The van der Waals surface area contributed by atoms with Crippen LogP contribution in [0.1, 0.15) is 19.4 Å². The van der Waals surface area contributed by atoms with Crippen LogP contribution in [0.15, 0.2) is 23.2 Å². The highest BCUT2D eigenvalue weighted by Crippen LogP contribution is 2.29. The van der Waals surface area contributed by atoms with Crippen molar-refractivity contribution >= 4 is 59.2 Å². The van der Waals surface area contributed by atoms with Crippen molar-refractivity contribution in [2.75, 3.05) is 45.7 Å².